The Bertz CT molecular complexity index is 606. The molecule has 8 heteroatoms. The molecule has 0 bridgehead atoms. The highest BCUT2D eigenvalue weighted by Crippen LogP contribution is 2.19. The summed E-state index contributed by atoms with van der Waals surface area (Å²) in [6.45, 7) is 5.16. The van der Waals surface area contributed by atoms with Crippen molar-refractivity contribution in [3.8, 4) is 0 Å². The number of esters is 2. The van der Waals surface area contributed by atoms with Crippen molar-refractivity contribution in [3.05, 3.63) is 29.3 Å². The number of methoxy groups -OCH3 is 2. The number of nitrogens with one attached hydrogen (secondary N) is 2. The largest absolute Gasteiger partial charge is 0.465 e. The van der Waals surface area contributed by atoms with Gasteiger partial charge in [0.15, 0.2) is 0 Å². The maximum atomic E-state index is 11.8. The van der Waals surface area contributed by atoms with Crippen molar-refractivity contribution in [2.24, 2.45) is 0 Å². The quantitative estimate of drug-likeness (QED) is 0.496. The molecule has 23 heavy (non-hydrogen) atoms. The van der Waals surface area contributed by atoms with Crippen molar-refractivity contribution in [1.82, 2.24) is 5.43 Å². The van der Waals surface area contributed by atoms with Crippen molar-refractivity contribution >= 4 is 23.7 Å². The van der Waals surface area contributed by atoms with Crippen LogP contribution in [0.2, 0.25) is 0 Å². The highest BCUT2D eigenvalue weighted by Gasteiger charge is 2.19. The van der Waals surface area contributed by atoms with Gasteiger partial charge >= 0.3 is 18.0 Å². The summed E-state index contributed by atoms with van der Waals surface area (Å²) in [5.41, 5.74) is 4.68. The van der Waals surface area contributed by atoms with E-state index in [0.29, 0.717) is 0 Å². The molecule has 0 atom stereocenters. The monoisotopic (exact) mass is 324 g/mol. The molecule has 1 amide bonds. The highest BCUT2D eigenvalue weighted by molar-refractivity contribution is 5.99. The number of carbonyl (C=O) groups excluding carboxylic acids is 3. The third-order valence-electron chi connectivity index (χ3n) is 2.54. The van der Waals surface area contributed by atoms with Gasteiger partial charge in [-0.1, -0.05) is 0 Å². The molecule has 0 aliphatic heterocycles. The number of benzene rings is 1. The molecular weight excluding hydrogens is 304 g/mol. The van der Waals surface area contributed by atoms with Crippen molar-refractivity contribution in [2.45, 2.75) is 26.4 Å². The molecule has 0 aliphatic carbocycles. The van der Waals surface area contributed by atoms with Gasteiger partial charge in [-0.3, -0.25) is 5.43 Å². The minimum atomic E-state index is -0.717. The van der Waals surface area contributed by atoms with Crippen LogP contribution in [0.4, 0.5) is 10.5 Å². The molecule has 1 rings (SSSR count). The first-order valence-electron chi connectivity index (χ1n) is 6.73. The van der Waals surface area contributed by atoms with E-state index in [9.17, 15) is 14.4 Å². The first-order valence-corrected chi connectivity index (χ1v) is 6.73. The second-order valence-electron chi connectivity index (χ2n) is 5.50. The van der Waals surface area contributed by atoms with Gasteiger partial charge in [-0.05, 0) is 39.0 Å². The number of anilines is 1. The lowest BCUT2D eigenvalue weighted by Gasteiger charge is -2.20. The van der Waals surface area contributed by atoms with E-state index in [1.165, 1.54) is 32.4 Å². The van der Waals surface area contributed by atoms with Crippen LogP contribution in [0.25, 0.3) is 0 Å². The number of hydrazine groups is 1. The van der Waals surface area contributed by atoms with Gasteiger partial charge in [-0.2, -0.15) is 0 Å². The van der Waals surface area contributed by atoms with Gasteiger partial charge in [0.25, 0.3) is 0 Å². The van der Waals surface area contributed by atoms with Gasteiger partial charge < -0.3 is 14.2 Å². The summed E-state index contributed by atoms with van der Waals surface area (Å²) in [6.07, 6.45) is -0.717. The fourth-order valence-corrected chi connectivity index (χ4v) is 1.60. The molecule has 0 saturated heterocycles. The topological polar surface area (TPSA) is 103 Å². The zero-order chi connectivity index (χ0) is 17.6. The van der Waals surface area contributed by atoms with E-state index < -0.39 is 23.6 Å². The van der Waals surface area contributed by atoms with Crippen LogP contribution in [0, 0.1) is 0 Å². The molecule has 0 saturated carbocycles. The molecule has 0 aromatic heterocycles. The summed E-state index contributed by atoms with van der Waals surface area (Å²) < 4.78 is 14.3. The Balaban J connectivity index is 2.95. The fraction of sp³-hybridized carbons (Fsp3) is 0.400. The summed E-state index contributed by atoms with van der Waals surface area (Å²) in [5, 5.41) is 0. The van der Waals surface area contributed by atoms with Crippen LogP contribution < -0.4 is 10.9 Å². The van der Waals surface area contributed by atoms with Crippen LogP contribution in [0.1, 0.15) is 41.5 Å². The zero-order valence-corrected chi connectivity index (χ0v) is 13.7. The molecular formula is C15H20N2O6. The zero-order valence-electron chi connectivity index (χ0n) is 13.7. The van der Waals surface area contributed by atoms with Crippen LogP contribution in [0.5, 0.6) is 0 Å². The molecule has 1 aromatic rings. The van der Waals surface area contributed by atoms with Crippen molar-refractivity contribution in [2.75, 3.05) is 19.6 Å². The molecule has 1 aromatic carbocycles. The van der Waals surface area contributed by atoms with Crippen LogP contribution in [0.15, 0.2) is 18.2 Å². The second kappa shape index (κ2) is 7.48. The standard InChI is InChI=1S/C15H20N2O6/c1-15(2,3)23-14(20)17-16-11-7-6-9(12(18)21-4)8-10(11)13(19)22-5/h6-8,16H,1-5H3,(H,17,20). The average molecular weight is 324 g/mol. The summed E-state index contributed by atoms with van der Waals surface area (Å²) in [5.74, 6) is -1.27. The lowest BCUT2D eigenvalue weighted by atomic mass is 10.1. The third-order valence-corrected chi connectivity index (χ3v) is 2.54. The number of rotatable bonds is 4. The molecule has 0 radical (unpaired) electrons. The minimum absolute atomic E-state index is 0.0615. The molecule has 0 unspecified atom stereocenters. The van der Waals surface area contributed by atoms with Crippen LogP contribution >= 0.6 is 0 Å². The highest BCUT2D eigenvalue weighted by atomic mass is 16.6. The molecule has 8 nitrogen and oxygen atoms in total. The SMILES string of the molecule is COC(=O)c1ccc(NNC(=O)OC(C)(C)C)c(C(=O)OC)c1. The normalized spacial score (nSPS) is 10.5. The Morgan fingerprint density at radius 1 is 1.00 bits per heavy atom. The van der Waals surface area contributed by atoms with E-state index in [1.807, 2.05) is 0 Å². The van der Waals surface area contributed by atoms with Crippen molar-refractivity contribution < 1.29 is 28.6 Å². The summed E-state index contributed by atoms with van der Waals surface area (Å²) >= 11 is 0. The van der Waals surface area contributed by atoms with Crippen molar-refractivity contribution in [1.29, 1.82) is 0 Å². The number of ether oxygens (including phenoxy) is 3. The lowest BCUT2D eigenvalue weighted by molar-refractivity contribution is 0.0534. The van der Waals surface area contributed by atoms with E-state index in [1.54, 1.807) is 20.8 Å². The predicted molar refractivity (Wildman–Crippen MR) is 82.1 cm³/mol. The van der Waals surface area contributed by atoms with E-state index in [-0.39, 0.29) is 16.8 Å². The van der Waals surface area contributed by atoms with Crippen LogP contribution in [-0.4, -0.2) is 37.9 Å². The van der Waals surface area contributed by atoms with Gasteiger partial charge in [0, 0.05) is 0 Å². The van der Waals surface area contributed by atoms with Gasteiger partial charge in [-0.25, -0.2) is 19.8 Å². The van der Waals surface area contributed by atoms with Gasteiger partial charge in [0.05, 0.1) is 31.0 Å². The lowest BCUT2D eigenvalue weighted by Crippen LogP contribution is -2.36. The predicted octanol–water partition coefficient (Wildman–Crippen LogP) is 2.11. The number of amides is 1. The summed E-state index contributed by atoms with van der Waals surface area (Å²) in [6, 6.07) is 4.18. The molecule has 126 valence electrons. The Morgan fingerprint density at radius 3 is 2.13 bits per heavy atom. The first-order chi connectivity index (χ1) is 10.7. The Labute approximate surface area is 134 Å². The average Bonchev–Trinajstić information content (AvgIpc) is 2.49. The first kappa shape index (κ1) is 18.3. The van der Waals surface area contributed by atoms with E-state index in [0.717, 1.165) is 0 Å². The van der Waals surface area contributed by atoms with Crippen LogP contribution in [0.3, 0.4) is 0 Å². The number of carbonyl (C=O) groups is 3. The maximum absolute atomic E-state index is 11.8. The number of hydrogen-bond acceptors (Lipinski definition) is 7. The molecule has 0 heterocycles. The van der Waals surface area contributed by atoms with Crippen LogP contribution in [-0.2, 0) is 14.2 Å². The molecule has 0 fully saturated rings. The van der Waals surface area contributed by atoms with Gasteiger partial charge in [-0.15, -0.1) is 0 Å². The van der Waals surface area contributed by atoms with E-state index in [2.05, 4.69) is 20.3 Å². The third kappa shape index (κ3) is 5.50. The molecule has 0 aliphatic rings. The Morgan fingerprint density at radius 2 is 1.61 bits per heavy atom. The summed E-state index contributed by atoms with van der Waals surface area (Å²) in [7, 11) is 2.44. The maximum Gasteiger partial charge on any atom is 0.426 e. The molecule has 2 N–H and O–H groups in total. The smallest absolute Gasteiger partial charge is 0.426 e. The minimum Gasteiger partial charge on any atom is -0.465 e. The number of hydrogen-bond donors (Lipinski definition) is 2. The summed E-state index contributed by atoms with van der Waals surface area (Å²) in [4.78, 5) is 35.0. The van der Waals surface area contributed by atoms with Gasteiger partial charge in [0.1, 0.15) is 5.60 Å². The van der Waals surface area contributed by atoms with E-state index >= 15 is 0 Å². The fourth-order valence-electron chi connectivity index (χ4n) is 1.60. The Kier molecular flexibility index (Phi) is 5.94. The van der Waals surface area contributed by atoms with Gasteiger partial charge in [0.2, 0.25) is 0 Å². The van der Waals surface area contributed by atoms with Crippen molar-refractivity contribution in [3.63, 3.8) is 0 Å². The van der Waals surface area contributed by atoms with E-state index in [4.69, 9.17) is 4.74 Å². The Hall–Kier alpha value is -2.77. The second-order valence-corrected chi connectivity index (χ2v) is 5.50. The molecule has 0 spiro atoms.